The molecule has 0 N–H and O–H groups in total. The highest BCUT2D eigenvalue weighted by Gasteiger charge is 2.23. The molecule has 158 valence electrons. The van der Waals surface area contributed by atoms with E-state index in [2.05, 4.69) is 27.4 Å². The molecule has 0 saturated carbocycles. The second-order valence-electron chi connectivity index (χ2n) is 8.14. The normalized spacial score (nSPS) is 13.6. The van der Waals surface area contributed by atoms with Crippen LogP contribution in [0.2, 0.25) is 0 Å². The highest BCUT2D eigenvalue weighted by molar-refractivity contribution is 5.82. The fourth-order valence-electron chi connectivity index (χ4n) is 4.21. The van der Waals surface area contributed by atoms with Gasteiger partial charge in [0.25, 0.3) is 0 Å². The molecule has 1 amide bonds. The van der Waals surface area contributed by atoms with Gasteiger partial charge in [0.1, 0.15) is 5.76 Å². The Morgan fingerprint density at radius 2 is 2.06 bits per heavy atom. The maximum absolute atomic E-state index is 12.9. The second kappa shape index (κ2) is 7.61. The van der Waals surface area contributed by atoms with Crippen LogP contribution >= 0.6 is 0 Å². The van der Waals surface area contributed by atoms with E-state index in [1.807, 2.05) is 44.4 Å². The quantitative estimate of drug-likeness (QED) is 0.508. The molecule has 0 atom stereocenters. The van der Waals surface area contributed by atoms with Gasteiger partial charge in [-0.2, -0.15) is 5.10 Å². The molecule has 0 bridgehead atoms. The van der Waals surface area contributed by atoms with Gasteiger partial charge in [-0.05, 0) is 38.0 Å². The van der Waals surface area contributed by atoms with Gasteiger partial charge in [0, 0.05) is 73.1 Å². The Labute approximate surface area is 179 Å². The van der Waals surface area contributed by atoms with Gasteiger partial charge in [0.05, 0.1) is 11.9 Å². The Morgan fingerprint density at radius 3 is 2.81 bits per heavy atom. The number of hydrogen-bond acceptors (Lipinski definition) is 6. The number of pyridine rings is 2. The zero-order valence-electron chi connectivity index (χ0n) is 17.9. The lowest BCUT2D eigenvalue weighted by Gasteiger charge is -2.28. The van der Waals surface area contributed by atoms with Gasteiger partial charge in [0.2, 0.25) is 5.91 Å². The standard InChI is InChI=1S/C23H24N6O2/c1-14-20(15(2)31-27-14)4-5-22(30)29-7-6-21-18(13-29)9-16-8-17(10-24-23(16)26-21)19-11-25-28(3)12-19/h8-12H,4-7,13H2,1-3H3. The summed E-state index contributed by atoms with van der Waals surface area (Å²) in [5.74, 6) is 0.940. The molecular weight excluding hydrogens is 392 g/mol. The third kappa shape index (κ3) is 3.69. The van der Waals surface area contributed by atoms with Gasteiger partial charge >= 0.3 is 0 Å². The Bertz CT molecular complexity index is 1270. The fraction of sp³-hybridized carbons (Fsp3) is 0.348. The first-order valence-corrected chi connectivity index (χ1v) is 10.4. The summed E-state index contributed by atoms with van der Waals surface area (Å²) in [7, 11) is 1.90. The van der Waals surface area contributed by atoms with Crippen molar-refractivity contribution in [2.45, 2.75) is 39.7 Å². The minimum absolute atomic E-state index is 0.146. The van der Waals surface area contributed by atoms with Crippen molar-refractivity contribution in [3.05, 3.63) is 59.0 Å². The molecule has 4 aromatic heterocycles. The van der Waals surface area contributed by atoms with Crippen LogP contribution in [-0.4, -0.2) is 42.3 Å². The molecule has 4 aromatic rings. The molecule has 0 aromatic carbocycles. The number of aromatic nitrogens is 5. The van der Waals surface area contributed by atoms with Crippen LogP contribution in [0.25, 0.3) is 22.2 Å². The maximum Gasteiger partial charge on any atom is 0.223 e. The van der Waals surface area contributed by atoms with Gasteiger partial charge in [-0.3, -0.25) is 9.48 Å². The average molecular weight is 416 g/mol. The smallest absolute Gasteiger partial charge is 0.223 e. The van der Waals surface area contributed by atoms with Gasteiger partial charge in [0.15, 0.2) is 5.65 Å². The van der Waals surface area contributed by atoms with E-state index in [1.54, 1.807) is 4.68 Å². The number of nitrogens with zero attached hydrogens (tertiary/aromatic N) is 6. The Hall–Kier alpha value is -3.55. The molecule has 0 saturated heterocycles. The lowest BCUT2D eigenvalue weighted by molar-refractivity contribution is -0.132. The van der Waals surface area contributed by atoms with Crippen molar-refractivity contribution in [1.82, 2.24) is 29.8 Å². The molecule has 0 spiro atoms. The summed E-state index contributed by atoms with van der Waals surface area (Å²) >= 11 is 0. The van der Waals surface area contributed by atoms with E-state index in [4.69, 9.17) is 9.51 Å². The Balaban J connectivity index is 1.35. The van der Waals surface area contributed by atoms with E-state index in [-0.39, 0.29) is 5.91 Å². The number of hydrogen-bond donors (Lipinski definition) is 0. The lowest BCUT2D eigenvalue weighted by atomic mass is 10.0. The van der Waals surface area contributed by atoms with Crippen LogP contribution in [0.15, 0.2) is 35.2 Å². The number of fused-ring (bicyclic) bond motifs is 2. The maximum atomic E-state index is 12.9. The summed E-state index contributed by atoms with van der Waals surface area (Å²) < 4.78 is 6.98. The van der Waals surface area contributed by atoms with Crippen LogP contribution in [0.1, 0.15) is 34.7 Å². The summed E-state index contributed by atoms with van der Waals surface area (Å²) in [6, 6.07) is 4.21. The van der Waals surface area contributed by atoms with Crippen LogP contribution < -0.4 is 0 Å². The number of carbonyl (C=O) groups is 1. The molecule has 31 heavy (non-hydrogen) atoms. The largest absolute Gasteiger partial charge is 0.361 e. The van der Waals surface area contributed by atoms with Gasteiger partial charge < -0.3 is 9.42 Å². The van der Waals surface area contributed by atoms with Crippen molar-refractivity contribution >= 4 is 16.9 Å². The van der Waals surface area contributed by atoms with Crippen LogP contribution in [0.3, 0.4) is 0 Å². The molecule has 1 aliphatic heterocycles. The number of amides is 1. The van der Waals surface area contributed by atoms with Gasteiger partial charge in [-0.1, -0.05) is 5.16 Å². The minimum atomic E-state index is 0.146. The predicted molar refractivity (Wildman–Crippen MR) is 115 cm³/mol. The molecule has 0 fully saturated rings. The zero-order chi connectivity index (χ0) is 21.5. The van der Waals surface area contributed by atoms with E-state index in [9.17, 15) is 4.79 Å². The van der Waals surface area contributed by atoms with Crippen molar-refractivity contribution < 1.29 is 9.32 Å². The summed E-state index contributed by atoms with van der Waals surface area (Å²) in [6.45, 7) is 5.06. The number of carbonyl (C=O) groups excluding carboxylic acids is 1. The first-order valence-electron chi connectivity index (χ1n) is 10.4. The van der Waals surface area contributed by atoms with Crippen LogP contribution in [0, 0.1) is 13.8 Å². The molecule has 0 aliphatic carbocycles. The van der Waals surface area contributed by atoms with Crippen molar-refractivity contribution in [2.24, 2.45) is 7.05 Å². The monoisotopic (exact) mass is 416 g/mol. The molecular formula is C23H24N6O2. The summed E-state index contributed by atoms with van der Waals surface area (Å²) in [6.07, 6.45) is 7.48. The molecule has 1 aliphatic rings. The second-order valence-corrected chi connectivity index (χ2v) is 8.14. The first kappa shape index (κ1) is 19.4. The first-order chi connectivity index (χ1) is 15.0. The van der Waals surface area contributed by atoms with Crippen LogP contribution in [-0.2, 0) is 31.2 Å². The summed E-state index contributed by atoms with van der Waals surface area (Å²) in [5.41, 5.74) is 6.79. The highest BCUT2D eigenvalue weighted by Crippen LogP contribution is 2.26. The van der Waals surface area contributed by atoms with Gasteiger partial charge in [-0.15, -0.1) is 0 Å². The molecule has 0 unspecified atom stereocenters. The lowest BCUT2D eigenvalue weighted by Crippen LogP contribution is -2.36. The van der Waals surface area contributed by atoms with Crippen molar-refractivity contribution in [3.8, 4) is 11.1 Å². The minimum Gasteiger partial charge on any atom is -0.361 e. The average Bonchev–Trinajstić information content (AvgIpc) is 3.34. The van der Waals surface area contributed by atoms with Crippen LogP contribution in [0.4, 0.5) is 0 Å². The zero-order valence-corrected chi connectivity index (χ0v) is 17.9. The molecule has 8 nitrogen and oxygen atoms in total. The SMILES string of the molecule is Cc1noc(C)c1CCC(=O)N1CCc2nc3ncc(-c4cnn(C)c4)cc3cc2C1. The Morgan fingerprint density at radius 1 is 1.19 bits per heavy atom. The van der Waals surface area contributed by atoms with Crippen LogP contribution in [0.5, 0.6) is 0 Å². The van der Waals surface area contributed by atoms with Crippen molar-refractivity contribution in [3.63, 3.8) is 0 Å². The molecule has 5 heterocycles. The van der Waals surface area contributed by atoms with Gasteiger partial charge in [-0.25, -0.2) is 9.97 Å². The molecule has 5 rings (SSSR count). The van der Waals surface area contributed by atoms with E-state index in [1.165, 1.54) is 0 Å². The topological polar surface area (TPSA) is 89.9 Å². The highest BCUT2D eigenvalue weighted by atomic mass is 16.5. The Kier molecular flexibility index (Phi) is 4.77. The summed E-state index contributed by atoms with van der Waals surface area (Å²) in [4.78, 5) is 24.1. The fourth-order valence-corrected chi connectivity index (χ4v) is 4.21. The predicted octanol–water partition coefficient (Wildman–Crippen LogP) is 3.15. The number of rotatable bonds is 4. The van der Waals surface area contributed by atoms with E-state index < -0.39 is 0 Å². The van der Waals surface area contributed by atoms with Crippen molar-refractivity contribution in [1.29, 1.82) is 0 Å². The number of aryl methyl sites for hydroxylation is 3. The van der Waals surface area contributed by atoms with E-state index >= 15 is 0 Å². The third-order valence-electron chi connectivity index (χ3n) is 5.98. The van der Waals surface area contributed by atoms with E-state index in [0.29, 0.717) is 25.9 Å². The molecule has 8 heteroatoms. The third-order valence-corrected chi connectivity index (χ3v) is 5.98. The molecule has 0 radical (unpaired) electrons. The summed E-state index contributed by atoms with van der Waals surface area (Å²) in [5, 5.41) is 9.19. The van der Waals surface area contributed by atoms with E-state index in [0.717, 1.165) is 56.9 Å². The van der Waals surface area contributed by atoms with Crippen molar-refractivity contribution in [2.75, 3.05) is 6.54 Å².